The molecule has 0 bridgehead atoms. The summed E-state index contributed by atoms with van der Waals surface area (Å²) in [5, 5.41) is 9.54. The van der Waals surface area contributed by atoms with E-state index in [9.17, 15) is 5.11 Å². The second-order valence-electron chi connectivity index (χ2n) is 7.12. The van der Waals surface area contributed by atoms with Gasteiger partial charge in [0.1, 0.15) is 5.82 Å². The van der Waals surface area contributed by atoms with E-state index < -0.39 is 0 Å². The second-order valence-corrected chi connectivity index (χ2v) is 7.12. The highest BCUT2D eigenvalue weighted by Gasteiger charge is 2.25. The summed E-state index contributed by atoms with van der Waals surface area (Å²) in [6, 6.07) is 4.64. The summed E-state index contributed by atoms with van der Waals surface area (Å²) in [4.78, 5) is 9.66. The molecular weight excluding hydrogens is 262 g/mol. The minimum Gasteiger partial charge on any atom is -0.392 e. The van der Waals surface area contributed by atoms with Gasteiger partial charge in [0, 0.05) is 36.8 Å². The van der Waals surface area contributed by atoms with Gasteiger partial charge >= 0.3 is 0 Å². The minimum absolute atomic E-state index is 0.00331. The molecule has 1 saturated heterocycles. The van der Waals surface area contributed by atoms with Gasteiger partial charge in [-0.25, -0.2) is 4.98 Å². The number of aliphatic hydroxyl groups excluding tert-OH is 1. The highest BCUT2D eigenvalue weighted by Crippen LogP contribution is 2.26. The van der Waals surface area contributed by atoms with Crippen LogP contribution in [0.5, 0.6) is 0 Å². The van der Waals surface area contributed by atoms with Crippen molar-refractivity contribution in [2.45, 2.75) is 52.2 Å². The van der Waals surface area contributed by atoms with Crippen molar-refractivity contribution in [2.75, 3.05) is 31.6 Å². The van der Waals surface area contributed by atoms with Crippen LogP contribution >= 0.6 is 0 Å². The predicted molar refractivity (Wildman–Crippen MR) is 87.8 cm³/mol. The van der Waals surface area contributed by atoms with Crippen molar-refractivity contribution >= 4 is 5.82 Å². The average Bonchev–Trinajstić information content (AvgIpc) is 2.46. The first-order valence-electron chi connectivity index (χ1n) is 7.92. The van der Waals surface area contributed by atoms with E-state index in [1.54, 1.807) is 0 Å². The number of rotatable bonds is 3. The molecule has 0 saturated carbocycles. The van der Waals surface area contributed by atoms with Crippen LogP contribution in [-0.4, -0.2) is 47.7 Å². The van der Waals surface area contributed by atoms with E-state index in [1.165, 1.54) is 0 Å². The molecule has 4 nitrogen and oxygen atoms in total. The summed E-state index contributed by atoms with van der Waals surface area (Å²) in [6.45, 7) is 11.9. The summed E-state index contributed by atoms with van der Waals surface area (Å²) >= 11 is 0. The van der Waals surface area contributed by atoms with Crippen LogP contribution in [-0.2, 0) is 12.0 Å². The van der Waals surface area contributed by atoms with Crippen LogP contribution in [0.2, 0.25) is 0 Å². The number of likely N-dealkylation sites (N-methyl/N-ethyl adjacent to an activating group) is 1. The van der Waals surface area contributed by atoms with Gasteiger partial charge in [-0.15, -0.1) is 0 Å². The van der Waals surface area contributed by atoms with Crippen LogP contribution in [0.3, 0.4) is 0 Å². The lowest BCUT2D eigenvalue weighted by Crippen LogP contribution is -2.51. The normalized spacial score (nSPS) is 20.9. The summed E-state index contributed by atoms with van der Waals surface area (Å²) < 4.78 is 0. The maximum atomic E-state index is 9.54. The molecular formula is C17H29N3O. The van der Waals surface area contributed by atoms with E-state index in [4.69, 9.17) is 4.98 Å². The standard InChI is InChI=1S/C17H29N3O/c1-6-14-11-20(8-7-19(14)5)16-10-13(12-21)9-15(18-16)17(2,3)4/h9-10,14,21H,6-8,11-12H2,1-5H3. The number of piperazine rings is 1. The Morgan fingerprint density at radius 3 is 2.57 bits per heavy atom. The molecule has 1 N–H and O–H groups in total. The van der Waals surface area contributed by atoms with Crippen LogP contribution in [0.25, 0.3) is 0 Å². The summed E-state index contributed by atoms with van der Waals surface area (Å²) in [5.41, 5.74) is 2.00. The van der Waals surface area contributed by atoms with E-state index in [0.717, 1.165) is 43.1 Å². The Morgan fingerprint density at radius 2 is 2.00 bits per heavy atom. The van der Waals surface area contributed by atoms with E-state index in [2.05, 4.69) is 44.5 Å². The summed E-state index contributed by atoms with van der Waals surface area (Å²) in [5.74, 6) is 1.01. The fraction of sp³-hybridized carbons (Fsp3) is 0.706. The largest absolute Gasteiger partial charge is 0.392 e. The molecule has 1 unspecified atom stereocenters. The molecule has 4 heteroatoms. The van der Waals surface area contributed by atoms with Gasteiger partial charge in [-0.1, -0.05) is 27.7 Å². The van der Waals surface area contributed by atoms with Crippen molar-refractivity contribution in [1.29, 1.82) is 0 Å². The van der Waals surface area contributed by atoms with Crippen LogP contribution in [0.4, 0.5) is 5.82 Å². The molecule has 118 valence electrons. The van der Waals surface area contributed by atoms with Crippen LogP contribution in [0, 0.1) is 0 Å². The average molecular weight is 291 g/mol. The van der Waals surface area contributed by atoms with E-state index in [0.29, 0.717) is 6.04 Å². The molecule has 0 aromatic carbocycles. The smallest absolute Gasteiger partial charge is 0.129 e. The minimum atomic E-state index is -0.00331. The van der Waals surface area contributed by atoms with E-state index >= 15 is 0 Å². The number of pyridine rings is 1. The third-order valence-electron chi connectivity index (χ3n) is 4.39. The molecule has 0 radical (unpaired) electrons. The first kappa shape index (κ1) is 16.2. The van der Waals surface area contributed by atoms with Crippen LogP contribution in [0.15, 0.2) is 12.1 Å². The van der Waals surface area contributed by atoms with Gasteiger partial charge in [-0.05, 0) is 31.2 Å². The molecule has 0 aliphatic carbocycles. The second kappa shape index (κ2) is 6.32. The maximum Gasteiger partial charge on any atom is 0.129 e. The Labute approximate surface area is 128 Å². The first-order chi connectivity index (χ1) is 9.85. The van der Waals surface area contributed by atoms with Gasteiger partial charge < -0.3 is 10.0 Å². The highest BCUT2D eigenvalue weighted by molar-refractivity contribution is 5.44. The van der Waals surface area contributed by atoms with Crippen molar-refractivity contribution in [1.82, 2.24) is 9.88 Å². The molecule has 1 aromatic heterocycles. The Kier molecular flexibility index (Phi) is 4.89. The Balaban J connectivity index is 2.30. The Bertz CT molecular complexity index is 481. The topological polar surface area (TPSA) is 39.6 Å². The molecule has 1 fully saturated rings. The highest BCUT2D eigenvalue weighted by atomic mass is 16.3. The lowest BCUT2D eigenvalue weighted by atomic mass is 9.90. The Morgan fingerprint density at radius 1 is 1.29 bits per heavy atom. The number of aliphatic hydroxyl groups is 1. The van der Waals surface area contributed by atoms with Crippen LogP contribution < -0.4 is 4.90 Å². The number of aromatic nitrogens is 1. The zero-order valence-electron chi connectivity index (χ0n) is 14.1. The number of nitrogens with zero attached hydrogens (tertiary/aromatic N) is 3. The lowest BCUT2D eigenvalue weighted by Gasteiger charge is -2.40. The zero-order valence-corrected chi connectivity index (χ0v) is 14.1. The molecule has 0 spiro atoms. The molecule has 2 heterocycles. The monoisotopic (exact) mass is 291 g/mol. The number of hydrogen-bond acceptors (Lipinski definition) is 4. The molecule has 1 aliphatic heterocycles. The van der Waals surface area contributed by atoms with Gasteiger partial charge in [0.25, 0.3) is 0 Å². The predicted octanol–water partition coefficient (Wildman–Crippen LogP) is 2.40. The zero-order chi connectivity index (χ0) is 15.6. The Hall–Kier alpha value is -1.13. The SMILES string of the molecule is CCC1CN(c2cc(CO)cc(C(C)(C)C)n2)CCN1C. The fourth-order valence-corrected chi connectivity index (χ4v) is 2.80. The van der Waals surface area contributed by atoms with Gasteiger partial charge in [0.15, 0.2) is 0 Å². The molecule has 2 rings (SSSR count). The van der Waals surface area contributed by atoms with Crippen molar-refractivity contribution < 1.29 is 5.11 Å². The molecule has 1 aliphatic rings. The third kappa shape index (κ3) is 3.74. The van der Waals surface area contributed by atoms with Crippen molar-refractivity contribution in [3.63, 3.8) is 0 Å². The summed E-state index contributed by atoms with van der Waals surface area (Å²) in [7, 11) is 2.20. The quantitative estimate of drug-likeness (QED) is 0.928. The van der Waals surface area contributed by atoms with E-state index in [1.807, 2.05) is 12.1 Å². The molecule has 1 atom stereocenters. The van der Waals surface area contributed by atoms with Gasteiger partial charge in [-0.2, -0.15) is 0 Å². The molecule has 21 heavy (non-hydrogen) atoms. The number of hydrogen-bond donors (Lipinski definition) is 1. The third-order valence-corrected chi connectivity index (χ3v) is 4.39. The number of anilines is 1. The maximum absolute atomic E-state index is 9.54. The van der Waals surface area contributed by atoms with Crippen LogP contribution in [0.1, 0.15) is 45.4 Å². The fourth-order valence-electron chi connectivity index (χ4n) is 2.80. The first-order valence-corrected chi connectivity index (χ1v) is 7.92. The van der Waals surface area contributed by atoms with Gasteiger partial charge in [-0.3, -0.25) is 4.90 Å². The van der Waals surface area contributed by atoms with Gasteiger partial charge in [0.2, 0.25) is 0 Å². The van der Waals surface area contributed by atoms with Crippen molar-refractivity contribution in [3.8, 4) is 0 Å². The molecule has 1 aromatic rings. The van der Waals surface area contributed by atoms with Crippen molar-refractivity contribution in [2.24, 2.45) is 0 Å². The lowest BCUT2D eigenvalue weighted by molar-refractivity contribution is 0.212. The molecule has 0 amide bonds. The van der Waals surface area contributed by atoms with E-state index in [-0.39, 0.29) is 12.0 Å². The van der Waals surface area contributed by atoms with Crippen molar-refractivity contribution in [3.05, 3.63) is 23.4 Å². The summed E-state index contributed by atoms with van der Waals surface area (Å²) in [6.07, 6.45) is 1.15. The van der Waals surface area contributed by atoms with Gasteiger partial charge in [0.05, 0.1) is 6.61 Å².